The molecule has 0 bridgehead atoms. The fourth-order valence-corrected chi connectivity index (χ4v) is 1.70. The number of nitrogens with one attached hydrogen (secondary N) is 1. The minimum Gasteiger partial charge on any atom is -0.481 e. The molecule has 2 atom stereocenters. The van der Waals surface area contributed by atoms with Gasteiger partial charge in [-0.25, -0.2) is 0 Å². The number of rotatable bonds is 7. The van der Waals surface area contributed by atoms with Crippen molar-refractivity contribution in [3.63, 3.8) is 0 Å². The van der Waals surface area contributed by atoms with E-state index in [1.54, 1.807) is 38.3 Å². The lowest BCUT2D eigenvalue weighted by atomic mass is 10.0. The van der Waals surface area contributed by atoms with Crippen molar-refractivity contribution in [2.45, 2.75) is 38.7 Å². The number of aliphatic carboxylic acids is 1. The number of carboxylic acids is 1. The van der Waals surface area contributed by atoms with E-state index >= 15 is 0 Å². The molecule has 1 aromatic carbocycles. The number of carboxylic acid groups (broad SMARTS) is 1. The first-order valence-corrected chi connectivity index (χ1v) is 6.59. The van der Waals surface area contributed by atoms with Gasteiger partial charge in [-0.1, -0.05) is 12.1 Å². The first-order valence-electron chi connectivity index (χ1n) is 6.59. The summed E-state index contributed by atoms with van der Waals surface area (Å²) in [7, 11) is 1.61. The number of anilines is 1. The summed E-state index contributed by atoms with van der Waals surface area (Å²) in [5.41, 5.74) is 1.28. The summed E-state index contributed by atoms with van der Waals surface area (Å²) < 4.78 is 5.08. The van der Waals surface area contributed by atoms with Gasteiger partial charge in [-0.05, 0) is 38.0 Å². The minimum atomic E-state index is -0.887. The Morgan fingerprint density at radius 2 is 2.05 bits per heavy atom. The van der Waals surface area contributed by atoms with Crippen LogP contribution in [0.2, 0.25) is 0 Å². The molecule has 1 rings (SSSR count). The molecule has 2 unspecified atom stereocenters. The molecule has 1 amide bonds. The van der Waals surface area contributed by atoms with Gasteiger partial charge in [0.05, 0.1) is 12.0 Å². The summed E-state index contributed by atoms with van der Waals surface area (Å²) in [5.74, 6) is -1.59. The monoisotopic (exact) mass is 279 g/mol. The molecule has 0 saturated heterocycles. The maximum atomic E-state index is 11.8. The van der Waals surface area contributed by atoms with E-state index < -0.39 is 11.9 Å². The Balaban J connectivity index is 2.62. The molecule has 110 valence electrons. The van der Waals surface area contributed by atoms with Gasteiger partial charge in [-0.2, -0.15) is 0 Å². The van der Waals surface area contributed by atoms with Crippen LogP contribution in [0.1, 0.15) is 38.2 Å². The zero-order chi connectivity index (χ0) is 15.1. The number of methoxy groups -OCH3 is 1. The number of amides is 1. The van der Waals surface area contributed by atoms with E-state index in [1.165, 1.54) is 0 Å². The van der Waals surface area contributed by atoms with Crippen molar-refractivity contribution >= 4 is 17.6 Å². The molecule has 0 aliphatic carbocycles. The molecular weight excluding hydrogens is 258 g/mol. The Labute approximate surface area is 118 Å². The second-order valence-corrected chi connectivity index (χ2v) is 4.82. The topological polar surface area (TPSA) is 75.6 Å². The zero-order valence-electron chi connectivity index (χ0n) is 12.1. The first kappa shape index (κ1) is 16.2. The Kier molecular flexibility index (Phi) is 6.18. The highest BCUT2D eigenvalue weighted by atomic mass is 16.5. The van der Waals surface area contributed by atoms with Crippen molar-refractivity contribution in [3.05, 3.63) is 29.8 Å². The molecule has 5 heteroatoms. The van der Waals surface area contributed by atoms with Crippen LogP contribution in [0.25, 0.3) is 0 Å². The third kappa shape index (κ3) is 5.01. The highest BCUT2D eigenvalue weighted by Crippen LogP contribution is 2.19. The van der Waals surface area contributed by atoms with Crippen LogP contribution in [0.5, 0.6) is 0 Å². The van der Waals surface area contributed by atoms with Crippen molar-refractivity contribution in [3.8, 4) is 0 Å². The van der Waals surface area contributed by atoms with Gasteiger partial charge in [0.15, 0.2) is 0 Å². The van der Waals surface area contributed by atoms with Gasteiger partial charge < -0.3 is 15.2 Å². The summed E-state index contributed by atoms with van der Waals surface area (Å²) in [5, 5.41) is 11.7. The summed E-state index contributed by atoms with van der Waals surface area (Å²) >= 11 is 0. The third-order valence-electron chi connectivity index (χ3n) is 3.22. The summed E-state index contributed by atoms with van der Waals surface area (Å²) in [4.78, 5) is 22.7. The van der Waals surface area contributed by atoms with E-state index in [0.29, 0.717) is 24.1 Å². The van der Waals surface area contributed by atoms with Crippen LogP contribution >= 0.6 is 0 Å². The van der Waals surface area contributed by atoms with E-state index in [9.17, 15) is 9.59 Å². The van der Waals surface area contributed by atoms with Gasteiger partial charge >= 0.3 is 5.97 Å². The molecule has 0 aromatic heterocycles. The van der Waals surface area contributed by atoms with Crippen molar-refractivity contribution < 1.29 is 19.4 Å². The van der Waals surface area contributed by atoms with E-state index in [4.69, 9.17) is 9.84 Å². The Bertz CT molecular complexity index is 473. The molecule has 0 radical (unpaired) electrons. The van der Waals surface area contributed by atoms with Gasteiger partial charge in [0.25, 0.3) is 0 Å². The largest absolute Gasteiger partial charge is 0.481 e. The molecular formula is C15H21NO4. The maximum absolute atomic E-state index is 11.8. The van der Waals surface area contributed by atoms with E-state index in [2.05, 4.69) is 5.32 Å². The average Bonchev–Trinajstić information content (AvgIpc) is 2.44. The zero-order valence-corrected chi connectivity index (χ0v) is 12.1. The minimum absolute atomic E-state index is 0.0408. The fraction of sp³-hybridized carbons (Fsp3) is 0.467. The quantitative estimate of drug-likeness (QED) is 0.804. The average molecular weight is 279 g/mol. The predicted molar refractivity (Wildman–Crippen MR) is 76.8 cm³/mol. The first-order chi connectivity index (χ1) is 9.43. The molecule has 0 spiro atoms. The normalized spacial score (nSPS) is 13.6. The Hall–Kier alpha value is -1.88. The van der Waals surface area contributed by atoms with Crippen LogP contribution < -0.4 is 5.32 Å². The molecule has 0 aliphatic heterocycles. The molecule has 5 nitrogen and oxygen atoms in total. The van der Waals surface area contributed by atoms with Crippen molar-refractivity contribution in [2.75, 3.05) is 12.4 Å². The lowest BCUT2D eigenvalue weighted by molar-refractivity contribution is -0.138. The second kappa shape index (κ2) is 7.65. The smallest absolute Gasteiger partial charge is 0.310 e. The molecule has 0 saturated carbocycles. The summed E-state index contributed by atoms with van der Waals surface area (Å²) in [6, 6.07) is 6.91. The number of carbonyl (C=O) groups excluding carboxylic acids is 1. The van der Waals surface area contributed by atoms with E-state index in [1.807, 2.05) is 6.92 Å². The lowest BCUT2D eigenvalue weighted by Gasteiger charge is -2.11. The summed E-state index contributed by atoms with van der Waals surface area (Å²) in [6.45, 7) is 3.52. The second-order valence-electron chi connectivity index (χ2n) is 4.82. The van der Waals surface area contributed by atoms with Gasteiger partial charge in [-0.3, -0.25) is 9.59 Å². The number of benzene rings is 1. The fourth-order valence-electron chi connectivity index (χ4n) is 1.70. The maximum Gasteiger partial charge on any atom is 0.310 e. The highest BCUT2D eigenvalue weighted by Gasteiger charge is 2.14. The molecule has 2 N–H and O–H groups in total. The van der Waals surface area contributed by atoms with Crippen LogP contribution in [0.4, 0.5) is 5.69 Å². The number of carbonyl (C=O) groups is 2. The van der Waals surface area contributed by atoms with Crippen LogP contribution in [-0.4, -0.2) is 30.2 Å². The predicted octanol–water partition coefficient (Wildman–Crippen LogP) is 2.63. The SMILES string of the molecule is COC(C)CCC(=O)Nc1cccc(C(C)C(=O)O)c1. The number of hydrogen-bond acceptors (Lipinski definition) is 3. The molecule has 20 heavy (non-hydrogen) atoms. The molecule has 1 aromatic rings. The van der Waals surface area contributed by atoms with Gasteiger partial charge in [-0.15, -0.1) is 0 Å². The van der Waals surface area contributed by atoms with Crippen LogP contribution in [0, 0.1) is 0 Å². The third-order valence-corrected chi connectivity index (χ3v) is 3.22. The van der Waals surface area contributed by atoms with Crippen LogP contribution in [-0.2, 0) is 14.3 Å². The Morgan fingerprint density at radius 3 is 2.65 bits per heavy atom. The number of hydrogen-bond donors (Lipinski definition) is 2. The van der Waals surface area contributed by atoms with Crippen LogP contribution in [0.3, 0.4) is 0 Å². The molecule has 0 heterocycles. The van der Waals surface area contributed by atoms with Crippen molar-refractivity contribution in [2.24, 2.45) is 0 Å². The standard InChI is InChI=1S/C15H21NO4/c1-10(20-3)7-8-14(17)16-13-6-4-5-12(9-13)11(2)15(18)19/h4-6,9-11H,7-8H2,1-3H3,(H,16,17)(H,18,19). The van der Waals surface area contributed by atoms with Gasteiger partial charge in [0.1, 0.15) is 0 Å². The van der Waals surface area contributed by atoms with Gasteiger partial charge in [0, 0.05) is 19.2 Å². The lowest BCUT2D eigenvalue weighted by Crippen LogP contribution is -2.15. The number of ether oxygens (including phenoxy) is 1. The molecule has 0 aliphatic rings. The highest BCUT2D eigenvalue weighted by molar-refractivity contribution is 5.91. The van der Waals surface area contributed by atoms with E-state index in [-0.39, 0.29) is 12.0 Å². The molecule has 0 fully saturated rings. The van der Waals surface area contributed by atoms with Crippen molar-refractivity contribution in [1.29, 1.82) is 0 Å². The van der Waals surface area contributed by atoms with Gasteiger partial charge in [0.2, 0.25) is 5.91 Å². The Morgan fingerprint density at radius 1 is 1.35 bits per heavy atom. The van der Waals surface area contributed by atoms with Crippen LogP contribution in [0.15, 0.2) is 24.3 Å². The van der Waals surface area contributed by atoms with Crippen molar-refractivity contribution in [1.82, 2.24) is 0 Å². The summed E-state index contributed by atoms with van der Waals surface area (Å²) in [6.07, 6.45) is 1.06. The van der Waals surface area contributed by atoms with E-state index in [0.717, 1.165) is 0 Å².